The molecule has 0 aliphatic carbocycles. The molecule has 0 radical (unpaired) electrons. The van der Waals surface area contributed by atoms with Crippen LogP contribution in [-0.2, 0) is 0 Å². The van der Waals surface area contributed by atoms with Gasteiger partial charge in [-0.2, -0.15) is 8.78 Å². The maximum absolute atomic E-state index is 11.9. The van der Waals surface area contributed by atoms with Gasteiger partial charge in [0.15, 0.2) is 0 Å². The highest BCUT2D eigenvalue weighted by Gasteiger charge is 2.08. The van der Waals surface area contributed by atoms with E-state index in [9.17, 15) is 13.6 Å². The zero-order chi connectivity index (χ0) is 12.0. The number of benzene rings is 1. The van der Waals surface area contributed by atoms with E-state index in [2.05, 4.69) is 32.6 Å². The van der Waals surface area contributed by atoms with Gasteiger partial charge in [-0.1, -0.05) is 28.7 Å². The first-order valence-corrected chi connectivity index (χ1v) is 6.05. The first-order chi connectivity index (χ1) is 7.63. The van der Waals surface area contributed by atoms with E-state index in [1.54, 1.807) is 6.07 Å². The number of alkyl halides is 3. The number of nitrogens with one attached hydrogen (secondary N) is 1. The molecule has 0 saturated carbocycles. The molecular weight excluding hydrogens is 331 g/mol. The van der Waals surface area contributed by atoms with Gasteiger partial charge in [0, 0.05) is 16.5 Å². The molecule has 1 amide bonds. The highest BCUT2D eigenvalue weighted by molar-refractivity contribution is 14.1. The average molecular weight is 341 g/mol. The van der Waals surface area contributed by atoms with Gasteiger partial charge in [0.1, 0.15) is 5.75 Å². The van der Waals surface area contributed by atoms with Gasteiger partial charge in [-0.05, 0) is 18.2 Å². The smallest absolute Gasteiger partial charge is 0.387 e. The Morgan fingerprint density at radius 2 is 2.25 bits per heavy atom. The number of carbonyl (C=O) groups is 1. The Bertz CT molecular complexity index is 360. The van der Waals surface area contributed by atoms with Gasteiger partial charge in [-0.25, -0.2) is 0 Å². The SMILES string of the molecule is O=C(NCCI)c1cccc(OC(F)F)c1. The summed E-state index contributed by atoms with van der Waals surface area (Å²) >= 11 is 2.12. The second-order valence-corrected chi connectivity index (χ2v) is 3.93. The summed E-state index contributed by atoms with van der Waals surface area (Å²) in [4.78, 5) is 11.5. The fourth-order valence-corrected chi connectivity index (χ4v) is 1.35. The molecule has 0 bridgehead atoms. The lowest BCUT2D eigenvalue weighted by Crippen LogP contribution is -2.25. The van der Waals surface area contributed by atoms with Crippen LogP contribution in [0.15, 0.2) is 24.3 Å². The van der Waals surface area contributed by atoms with Crippen molar-refractivity contribution in [3.63, 3.8) is 0 Å². The molecule has 3 nitrogen and oxygen atoms in total. The molecule has 0 aromatic heterocycles. The number of ether oxygens (including phenoxy) is 1. The Kier molecular flexibility index (Phi) is 5.44. The molecule has 0 aliphatic rings. The fraction of sp³-hybridized carbons (Fsp3) is 0.300. The van der Waals surface area contributed by atoms with Crippen molar-refractivity contribution in [3.05, 3.63) is 29.8 Å². The molecule has 1 N–H and O–H groups in total. The molecule has 0 fully saturated rings. The van der Waals surface area contributed by atoms with E-state index in [0.29, 0.717) is 12.1 Å². The Morgan fingerprint density at radius 1 is 1.50 bits per heavy atom. The van der Waals surface area contributed by atoms with E-state index in [-0.39, 0.29) is 11.7 Å². The lowest BCUT2D eigenvalue weighted by Gasteiger charge is -2.06. The third-order valence-electron chi connectivity index (χ3n) is 1.70. The van der Waals surface area contributed by atoms with Crippen molar-refractivity contribution in [2.24, 2.45) is 0 Å². The van der Waals surface area contributed by atoms with Gasteiger partial charge < -0.3 is 10.1 Å². The third kappa shape index (κ3) is 4.30. The number of rotatable bonds is 5. The fourth-order valence-electron chi connectivity index (χ4n) is 1.08. The first-order valence-electron chi connectivity index (χ1n) is 4.52. The van der Waals surface area contributed by atoms with Crippen LogP contribution < -0.4 is 10.1 Å². The maximum atomic E-state index is 11.9. The van der Waals surface area contributed by atoms with Crippen LogP contribution in [0.2, 0.25) is 0 Å². The Balaban J connectivity index is 2.69. The first kappa shape index (κ1) is 13.1. The van der Waals surface area contributed by atoms with Crippen molar-refractivity contribution >= 4 is 28.5 Å². The van der Waals surface area contributed by atoms with Gasteiger partial charge in [-0.3, -0.25) is 4.79 Å². The summed E-state index contributed by atoms with van der Waals surface area (Å²) in [7, 11) is 0. The van der Waals surface area contributed by atoms with Crippen molar-refractivity contribution < 1.29 is 18.3 Å². The van der Waals surface area contributed by atoms with Crippen molar-refractivity contribution in [2.75, 3.05) is 11.0 Å². The van der Waals surface area contributed by atoms with Crippen LogP contribution in [0.5, 0.6) is 5.75 Å². The normalized spacial score (nSPS) is 10.2. The highest BCUT2D eigenvalue weighted by atomic mass is 127. The molecule has 6 heteroatoms. The summed E-state index contributed by atoms with van der Waals surface area (Å²) < 4.78 is 28.8. The molecule has 1 aromatic rings. The molecule has 1 aromatic carbocycles. The van der Waals surface area contributed by atoms with E-state index < -0.39 is 6.61 Å². The molecular formula is C10H10F2INO2. The van der Waals surface area contributed by atoms with Crippen molar-refractivity contribution in [1.82, 2.24) is 5.32 Å². The largest absolute Gasteiger partial charge is 0.435 e. The topological polar surface area (TPSA) is 38.3 Å². The summed E-state index contributed by atoms with van der Waals surface area (Å²) in [5, 5.41) is 2.64. The maximum Gasteiger partial charge on any atom is 0.387 e. The minimum atomic E-state index is -2.88. The lowest BCUT2D eigenvalue weighted by molar-refractivity contribution is -0.0498. The van der Waals surface area contributed by atoms with E-state index in [4.69, 9.17) is 0 Å². The minimum Gasteiger partial charge on any atom is -0.435 e. The summed E-state index contributed by atoms with van der Waals surface area (Å²) in [5.41, 5.74) is 0.308. The minimum absolute atomic E-state index is 0.0166. The number of hydrogen-bond acceptors (Lipinski definition) is 2. The monoisotopic (exact) mass is 341 g/mol. The average Bonchev–Trinajstić information content (AvgIpc) is 2.25. The molecule has 0 atom stereocenters. The molecule has 0 heterocycles. The summed E-state index contributed by atoms with van der Waals surface area (Å²) in [5.74, 6) is -0.312. The molecule has 0 saturated heterocycles. The van der Waals surface area contributed by atoms with Crippen LogP contribution in [-0.4, -0.2) is 23.5 Å². The summed E-state index contributed by atoms with van der Waals surface area (Å²) in [6.07, 6.45) is 0. The number of halogens is 3. The van der Waals surface area contributed by atoms with Crippen molar-refractivity contribution in [3.8, 4) is 5.75 Å². The molecule has 88 valence electrons. The quantitative estimate of drug-likeness (QED) is 0.660. The lowest BCUT2D eigenvalue weighted by atomic mass is 10.2. The van der Waals surface area contributed by atoms with Gasteiger partial charge >= 0.3 is 6.61 Å². The van der Waals surface area contributed by atoms with Crippen LogP contribution in [0, 0.1) is 0 Å². The summed E-state index contributed by atoms with van der Waals surface area (Å²) in [6.45, 7) is -2.34. The number of carbonyl (C=O) groups excluding carboxylic acids is 1. The van der Waals surface area contributed by atoms with Gasteiger partial charge in [-0.15, -0.1) is 0 Å². The summed E-state index contributed by atoms with van der Waals surface area (Å²) in [6, 6.07) is 5.70. The van der Waals surface area contributed by atoms with E-state index in [0.717, 1.165) is 4.43 Å². The third-order valence-corrected chi connectivity index (χ3v) is 2.24. The second-order valence-electron chi connectivity index (χ2n) is 2.85. The Labute approximate surface area is 105 Å². The molecule has 0 unspecified atom stereocenters. The molecule has 0 spiro atoms. The van der Waals surface area contributed by atoms with Gasteiger partial charge in [0.2, 0.25) is 0 Å². The zero-order valence-corrected chi connectivity index (χ0v) is 10.4. The number of amides is 1. The molecule has 16 heavy (non-hydrogen) atoms. The zero-order valence-electron chi connectivity index (χ0n) is 8.25. The Morgan fingerprint density at radius 3 is 2.88 bits per heavy atom. The number of hydrogen-bond donors (Lipinski definition) is 1. The standard InChI is InChI=1S/C10H10F2INO2/c11-10(12)16-8-3-1-2-7(6-8)9(15)14-5-4-13/h1-3,6,10H,4-5H2,(H,14,15). The Hall–Kier alpha value is -0.920. The predicted molar refractivity (Wildman–Crippen MR) is 64.3 cm³/mol. The van der Waals surface area contributed by atoms with Crippen LogP contribution in [0.1, 0.15) is 10.4 Å². The van der Waals surface area contributed by atoms with Gasteiger partial charge in [0.25, 0.3) is 5.91 Å². The van der Waals surface area contributed by atoms with Crippen LogP contribution in [0.4, 0.5) is 8.78 Å². The van der Waals surface area contributed by atoms with Crippen LogP contribution in [0.25, 0.3) is 0 Å². The van der Waals surface area contributed by atoms with Crippen molar-refractivity contribution in [1.29, 1.82) is 0 Å². The van der Waals surface area contributed by atoms with Gasteiger partial charge in [0.05, 0.1) is 0 Å². The van der Waals surface area contributed by atoms with E-state index in [1.807, 2.05) is 0 Å². The highest BCUT2D eigenvalue weighted by Crippen LogP contribution is 2.15. The van der Waals surface area contributed by atoms with E-state index >= 15 is 0 Å². The molecule has 0 aliphatic heterocycles. The van der Waals surface area contributed by atoms with Crippen LogP contribution in [0.3, 0.4) is 0 Å². The van der Waals surface area contributed by atoms with Crippen molar-refractivity contribution in [2.45, 2.75) is 6.61 Å². The predicted octanol–water partition coefficient (Wildman–Crippen LogP) is 2.45. The van der Waals surface area contributed by atoms with E-state index in [1.165, 1.54) is 18.2 Å². The molecule has 1 rings (SSSR count). The second kappa shape index (κ2) is 6.62. The van der Waals surface area contributed by atoms with Crippen LogP contribution >= 0.6 is 22.6 Å².